The van der Waals surface area contributed by atoms with Crippen molar-refractivity contribution >= 4 is 6.08 Å². The van der Waals surface area contributed by atoms with Crippen LogP contribution in [0.4, 0.5) is 8.78 Å². The largest absolute Gasteiger partial charge is 0.490 e. The first-order chi connectivity index (χ1) is 17.1. The predicted octanol–water partition coefficient (Wildman–Crippen LogP) is 8.80. The van der Waals surface area contributed by atoms with Gasteiger partial charge in [0.2, 0.25) is 5.82 Å². The van der Waals surface area contributed by atoms with Gasteiger partial charge < -0.3 is 9.47 Å². The molecule has 2 fully saturated rings. The molecule has 190 valence electrons. The molecule has 0 heterocycles. The predicted molar refractivity (Wildman–Crippen MR) is 139 cm³/mol. The molecule has 2 aromatic rings. The second kappa shape index (κ2) is 12.7. The maximum absolute atomic E-state index is 14.7. The van der Waals surface area contributed by atoms with E-state index in [4.69, 9.17) is 9.47 Å². The molecule has 2 aliphatic rings. The SMILES string of the molecule is C=Cc1ccc(C2CCC(COC3CCC(c4ccc(OCCCC)c(F)c4F)CC3)CC2)cc1. The highest BCUT2D eigenvalue weighted by Gasteiger charge is 2.28. The Labute approximate surface area is 209 Å². The van der Waals surface area contributed by atoms with E-state index in [2.05, 4.69) is 30.8 Å². The molecule has 0 amide bonds. The highest BCUT2D eigenvalue weighted by molar-refractivity contribution is 5.47. The molecule has 0 unspecified atom stereocenters. The minimum atomic E-state index is -0.843. The molecule has 0 spiro atoms. The summed E-state index contributed by atoms with van der Waals surface area (Å²) >= 11 is 0. The first kappa shape index (κ1) is 25.9. The topological polar surface area (TPSA) is 18.5 Å². The van der Waals surface area contributed by atoms with Gasteiger partial charge in [0.05, 0.1) is 12.7 Å². The van der Waals surface area contributed by atoms with E-state index in [-0.39, 0.29) is 17.8 Å². The molecule has 0 saturated heterocycles. The van der Waals surface area contributed by atoms with Crippen LogP contribution >= 0.6 is 0 Å². The van der Waals surface area contributed by atoms with Crippen molar-refractivity contribution in [3.8, 4) is 5.75 Å². The lowest BCUT2D eigenvalue weighted by Crippen LogP contribution is -2.25. The molecule has 2 nitrogen and oxygen atoms in total. The Kier molecular flexibility index (Phi) is 9.37. The molecule has 0 bridgehead atoms. The first-order valence-corrected chi connectivity index (χ1v) is 13.5. The van der Waals surface area contributed by atoms with Gasteiger partial charge >= 0.3 is 0 Å². The van der Waals surface area contributed by atoms with Gasteiger partial charge in [-0.1, -0.05) is 56.3 Å². The number of halogens is 2. The molecular weight excluding hydrogens is 442 g/mol. The Balaban J connectivity index is 1.19. The number of rotatable bonds is 10. The summed E-state index contributed by atoms with van der Waals surface area (Å²) in [6, 6.07) is 12.1. The van der Waals surface area contributed by atoms with Gasteiger partial charge in [0.15, 0.2) is 11.6 Å². The molecule has 2 saturated carbocycles. The Hall–Kier alpha value is -2.20. The third-order valence-corrected chi connectivity index (χ3v) is 8.00. The number of hydrogen-bond acceptors (Lipinski definition) is 2. The van der Waals surface area contributed by atoms with Gasteiger partial charge in [0.1, 0.15) is 0 Å². The summed E-state index contributed by atoms with van der Waals surface area (Å²) < 4.78 is 41.0. The van der Waals surface area contributed by atoms with Gasteiger partial charge in [-0.3, -0.25) is 0 Å². The van der Waals surface area contributed by atoms with E-state index >= 15 is 0 Å². The van der Waals surface area contributed by atoms with Crippen LogP contribution in [0.25, 0.3) is 6.08 Å². The first-order valence-electron chi connectivity index (χ1n) is 13.5. The summed E-state index contributed by atoms with van der Waals surface area (Å²) in [5, 5.41) is 0. The fraction of sp³-hybridized carbons (Fsp3) is 0.548. The van der Waals surface area contributed by atoms with Gasteiger partial charge in [-0.15, -0.1) is 0 Å². The van der Waals surface area contributed by atoms with E-state index in [1.54, 1.807) is 12.1 Å². The number of hydrogen-bond donors (Lipinski definition) is 0. The van der Waals surface area contributed by atoms with Crippen LogP contribution in [0.2, 0.25) is 0 Å². The molecule has 0 aromatic heterocycles. The van der Waals surface area contributed by atoms with Crippen molar-refractivity contribution < 1.29 is 18.3 Å². The van der Waals surface area contributed by atoms with Crippen LogP contribution in [0.3, 0.4) is 0 Å². The van der Waals surface area contributed by atoms with Crippen LogP contribution in [0, 0.1) is 17.6 Å². The number of unbranched alkanes of at least 4 members (excludes halogenated alkanes) is 1. The molecule has 2 aliphatic carbocycles. The minimum Gasteiger partial charge on any atom is -0.490 e. The van der Waals surface area contributed by atoms with Crippen molar-refractivity contribution in [2.75, 3.05) is 13.2 Å². The summed E-state index contributed by atoms with van der Waals surface area (Å²) in [6.45, 7) is 7.11. The fourth-order valence-electron chi connectivity index (χ4n) is 5.68. The van der Waals surface area contributed by atoms with Crippen molar-refractivity contribution in [1.29, 1.82) is 0 Å². The van der Waals surface area contributed by atoms with Crippen molar-refractivity contribution in [2.45, 2.75) is 89.1 Å². The van der Waals surface area contributed by atoms with Crippen LogP contribution < -0.4 is 4.74 Å². The van der Waals surface area contributed by atoms with Gasteiger partial charge in [-0.25, -0.2) is 4.39 Å². The van der Waals surface area contributed by atoms with Crippen molar-refractivity contribution in [2.24, 2.45) is 5.92 Å². The average Bonchev–Trinajstić information content (AvgIpc) is 2.91. The van der Waals surface area contributed by atoms with Crippen LogP contribution in [-0.2, 0) is 4.74 Å². The fourth-order valence-corrected chi connectivity index (χ4v) is 5.68. The lowest BCUT2D eigenvalue weighted by Gasteiger charge is -2.32. The average molecular weight is 483 g/mol. The van der Waals surface area contributed by atoms with Crippen molar-refractivity contribution in [1.82, 2.24) is 0 Å². The molecule has 0 radical (unpaired) electrons. The molecule has 35 heavy (non-hydrogen) atoms. The van der Waals surface area contributed by atoms with Crippen LogP contribution in [-0.4, -0.2) is 19.3 Å². The molecular formula is C31H40F2O2. The zero-order valence-electron chi connectivity index (χ0n) is 21.1. The van der Waals surface area contributed by atoms with Gasteiger partial charge in [-0.2, -0.15) is 4.39 Å². The number of benzene rings is 2. The smallest absolute Gasteiger partial charge is 0.200 e. The lowest BCUT2D eigenvalue weighted by molar-refractivity contribution is -0.00289. The molecule has 0 aliphatic heterocycles. The van der Waals surface area contributed by atoms with Gasteiger partial charge in [0.25, 0.3) is 0 Å². The Morgan fingerprint density at radius 3 is 2.20 bits per heavy atom. The highest BCUT2D eigenvalue weighted by Crippen LogP contribution is 2.39. The summed E-state index contributed by atoms with van der Waals surface area (Å²) in [6.07, 6.45) is 12.3. The summed E-state index contributed by atoms with van der Waals surface area (Å²) in [7, 11) is 0. The maximum Gasteiger partial charge on any atom is 0.200 e. The normalized spacial score (nSPS) is 24.8. The second-order valence-corrected chi connectivity index (χ2v) is 10.4. The van der Waals surface area contributed by atoms with E-state index in [1.165, 1.54) is 36.8 Å². The van der Waals surface area contributed by atoms with E-state index in [0.29, 0.717) is 24.0 Å². The third-order valence-electron chi connectivity index (χ3n) is 8.00. The molecule has 2 aromatic carbocycles. The van der Waals surface area contributed by atoms with E-state index in [9.17, 15) is 8.78 Å². The van der Waals surface area contributed by atoms with Crippen molar-refractivity contribution in [3.63, 3.8) is 0 Å². The van der Waals surface area contributed by atoms with Crippen LogP contribution in [0.5, 0.6) is 5.75 Å². The minimum absolute atomic E-state index is 0.0280. The zero-order valence-corrected chi connectivity index (χ0v) is 21.1. The molecule has 0 N–H and O–H groups in total. The lowest BCUT2D eigenvalue weighted by atomic mass is 9.78. The Bertz CT molecular complexity index is 939. The Morgan fingerprint density at radius 1 is 0.857 bits per heavy atom. The number of ether oxygens (including phenoxy) is 2. The summed E-state index contributed by atoms with van der Waals surface area (Å²) in [5.41, 5.74) is 3.10. The molecule has 0 atom stereocenters. The summed E-state index contributed by atoms with van der Waals surface area (Å²) in [4.78, 5) is 0. The van der Waals surface area contributed by atoms with Crippen LogP contribution in [0.1, 0.15) is 99.7 Å². The van der Waals surface area contributed by atoms with E-state index in [0.717, 1.165) is 45.1 Å². The van der Waals surface area contributed by atoms with E-state index in [1.807, 2.05) is 13.0 Å². The van der Waals surface area contributed by atoms with Crippen LogP contribution in [0.15, 0.2) is 43.0 Å². The summed E-state index contributed by atoms with van der Waals surface area (Å²) in [5.74, 6) is -0.219. The molecule has 4 rings (SSSR count). The van der Waals surface area contributed by atoms with Gasteiger partial charge in [-0.05, 0) is 98.3 Å². The van der Waals surface area contributed by atoms with Gasteiger partial charge in [0, 0.05) is 6.61 Å². The maximum atomic E-state index is 14.7. The molecule has 4 heteroatoms. The monoisotopic (exact) mass is 482 g/mol. The second-order valence-electron chi connectivity index (χ2n) is 10.4. The Morgan fingerprint density at radius 2 is 1.54 bits per heavy atom. The zero-order chi connectivity index (χ0) is 24.6. The standard InChI is InChI=1S/C31H40F2O2/c1-3-5-20-34-29-19-18-28(30(32)31(29)33)26-14-16-27(17-15-26)35-21-23-8-12-25(13-9-23)24-10-6-22(4-2)7-11-24/h4,6-7,10-11,18-19,23,25-27H,2-3,5,8-9,12-17,20-21H2,1H3. The highest BCUT2D eigenvalue weighted by atomic mass is 19.2. The van der Waals surface area contributed by atoms with E-state index < -0.39 is 11.6 Å². The third kappa shape index (κ3) is 6.73. The van der Waals surface area contributed by atoms with Crippen molar-refractivity contribution in [3.05, 3.63) is 71.3 Å². The quantitative estimate of drug-likeness (QED) is 0.315.